The Morgan fingerprint density at radius 3 is 2.00 bits per heavy atom. The third kappa shape index (κ3) is 6.25. The van der Waals surface area contributed by atoms with E-state index in [9.17, 15) is 4.79 Å². The summed E-state index contributed by atoms with van der Waals surface area (Å²) < 4.78 is 1.49. The van der Waals surface area contributed by atoms with Gasteiger partial charge in [0.2, 0.25) is 0 Å². The first kappa shape index (κ1) is 14.0. The van der Waals surface area contributed by atoms with Crippen LogP contribution in [0, 0.1) is 13.8 Å². The van der Waals surface area contributed by atoms with Crippen molar-refractivity contribution < 1.29 is 19.8 Å². The van der Waals surface area contributed by atoms with E-state index in [1.54, 1.807) is 6.92 Å². The number of carbonyl (C=O) groups excluding carboxylic acids is 1. The molecule has 2 heteroatoms. The predicted octanol–water partition coefficient (Wildman–Crippen LogP) is 3.76. The van der Waals surface area contributed by atoms with Crippen molar-refractivity contribution >= 4 is 4.68 Å². The summed E-state index contributed by atoms with van der Waals surface area (Å²) in [6.45, 7) is 5.82. The van der Waals surface area contributed by atoms with Crippen LogP contribution in [0.3, 0.4) is 0 Å². The van der Waals surface area contributed by atoms with Crippen LogP contribution >= 0.6 is 0 Å². The molecular weight excluding hydrogens is 252 g/mol. The number of carbonyl (C=O) groups is 1. The molecule has 1 aromatic carbocycles. The first-order valence-corrected chi connectivity index (χ1v) is 6.70. The maximum atomic E-state index is 10.5. The number of allylic oxidation sites excluding steroid dienone is 4. The molecule has 1 nitrogen and oxygen atoms in total. The Labute approximate surface area is 110 Å². The molecule has 0 radical (unpaired) electrons. The van der Waals surface area contributed by atoms with Crippen LogP contribution in [-0.2, 0) is 19.8 Å². The van der Waals surface area contributed by atoms with Crippen molar-refractivity contribution in [1.29, 1.82) is 0 Å². The number of hydrogen-bond donors (Lipinski definition) is 0. The first-order chi connectivity index (χ1) is 8.08. The Hall–Kier alpha value is -1.11. The molecule has 0 saturated heterocycles. The van der Waals surface area contributed by atoms with E-state index in [1.165, 1.54) is 15.6 Å². The molecule has 0 aliphatic heterocycles. The van der Waals surface area contributed by atoms with Crippen molar-refractivity contribution in [1.82, 2.24) is 0 Å². The quantitative estimate of drug-likeness (QED) is 0.748. The van der Waals surface area contributed by atoms with Gasteiger partial charge in [0.05, 0.1) is 0 Å². The topological polar surface area (TPSA) is 17.1 Å². The second kappa shape index (κ2) is 7.26. The zero-order chi connectivity index (χ0) is 12.7. The summed E-state index contributed by atoms with van der Waals surface area (Å²) in [6, 6.07) is 8.48. The Morgan fingerprint density at radius 2 is 1.65 bits per heavy atom. The Kier molecular flexibility index (Phi) is 5.96. The van der Waals surface area contributed by atoms with Crippen molar-refractivity contribution in [2.24, 2.45) is 0 Å². The molecule has 0 N–H and O–H groups in total. The van der Waals surface area contributed by atoms with E-state index in [1.807, 2.05) is 12.2 Å². The normalized spacial score (nSPS) is 13.0. The van der Waals surface area contributed by atoms with Crippen LogP contribution in [0.25, 0.3) is 0 Å². The molecule has 0 saturated carbocycles. The zero-order valence-corrected chi connectivity index (χ0v) is 11.6. The molecule has 0 spiro atoms. The van der Waals surface area contributed by atoms with Gasteiger partial charge in [0.25, 0.3) is 0 Å². The van der Waals surface area contributed by atoms with Gasteiger partial charge < -0.3 is 0 Å². The molecule has 1 aromatic rings. The van der Waals surface area contributed by atoms with Gasteiger partial charge in [-0.15, -0.1) is 0 Å². The van der Waals surface area contributed by atoms with Gasteiger partial charge in [-0.25, -0.2) is 0 Å². The fourth-order valence-electron chi connectivity index (χ4n) is 1.28. The number of hydrogen-bond acceptors (Lipinski definition) is 1. The second-order valence-corrected chi connectivity index (χ2v) is 5.69. The molecule has 2 rings (SSSR count). The summed E-state index contributed by atoms with van der Waals surface area (Å²) in [6.07, 6.45) is 7.05. The van der Waals surface area contributed by atoms with Gasteiger partial charge in [-0.05, 0) is 13.8 Å². The molecule has 0 amide bonds. The standard InChI is InChI=1S/C8H10.C5H5.C2H3O.Fe/c1-7-3-5-8(2)6-4-7;1-2-4-5-3-1;1-2-3;/h3-6H,1-2H3;1-3H,4H2;1H3;. The minimum atomic E-state index is 0.255. The molecule has 92 valence electrons. The number of rotatable bonds is 2. The van der Waals surface area contributed by atoms with Crippen LogP contribution in [0.15, 0.2) is 47.0 Å². The molecule has 0 unspecified atom stereocenters. The molecule has 0 fully saturated rings. The van der Waals surface area contributed by atoms with Crippen LogP contribution in [0.2, 0.25) is 0 Å². The van der Waals surface area contributed by atoms with Crippen molar-refractivity contribution in [2.75, 3.05) is 0 Å². The maximum absolute atomic E-state index is 10.5. The van der Waals surface area contributed by atoms with E-state index in [-0.39, 0.29) is 4.68 Å². The molecule has 1 aliphatic carbocycles. The van der Waals surface area contributed by atoms with Crippen molar-refractivity contribution in [3.63, 3.8) is 0 Å². The Balaban J connectivity index is 0.000000171. The molecular formula is C15H18FeO. The fraction of sp³-hybridized carbons (Fsp3) is 0.267. The number of benzene rings is 1. The van der Waals surface area contributed by atoms with Gasteiger partial charge in [-0.2, -0.15) is 0 Å². The van der Waals surface area contributed by atoms with Crippen LogP contribution < -0.4 is 0 Å². The van der Waals surface area contributed by atoms with Crippen molar-refractivity contribution in [2.45, 2.75) is 27.2 Å². The van der Waals surface area contributed by atoms with Crippen LogP contribution in [0.4, 0.5) is 0 Å². The zero-order valence-electron chi connectivity index (χ0n) is 10.5. The van der Waals surface area contributed by atoms with Crippen molar-refractivity contribution in [3.05, 3.63) is 58.1 Å². The molecule has 1 aliphatic rings. The van der Waals surface area contributed by atoms with Gasteiger partial charge >= 0.3 is 60.5 Å². The monoisotopic (exact) mass is 270 g/mol. The van der Waals surface area contributed by atoms with E-state index < -0.39 is 0 Å². The van der Waals surface area contributed by atoms with E-state index in [4.69, 9.17) is 0 Å². The predicted molar refractivity (Wildman–Crippen MR) is 68.4 cm³/mol. The van der Waals surface area contributed by atoms with E-state index in [0.717, 1.165) is 6.42 Å². The van der Waals surface area contributed by atoms with Gasteiger partial charge in [0.15, 0.2) is 0 Å². The molecule has 0 aromatic heterocycles. The SMILES string of the molecule is C[C](=O)[Fe][C]1=CC=CC1.Cc1ccc(C)cc1. The summed E-state index contributed by atoms with van der Waals surface area (Å²) in [5, 5.41) is 0. The summed E-state index contributed by atoms with van der Waals surface area (Å²) in [5.41, 5.74) is 2.66. The first-order valence-electron chi connectivity index (χ1n) is 5.60. The largest absolute Gasteiger partial charge is 0.0591 e. The molecule has 17 heavy (non-hydrogen) atoms. The minimum Gasteiger partial charge on any atom is -0.0591 e. The minimum absolute atomic E-state index is 0.255. The van der Waals surface area contributed by atoms with E-state index in [2.05, 4.69) is 44.2 Å². The van der Waals surface area contributed by atoms with Gasteiger partial charge in [-0.1, -0.05) is 35.4 Å². The average molecular weight is 270 g/mol. The van der Waals surface area contributed by atoms with Crippen LogP contribution in [0.5, 0.6) is 0 Å². The summed E-state index contributed by atoms with van der Waals surface area (Å²) in [5.74, 6) is 0. The summed E-state index contributed by atoms with van der Waals surface area (Å²) in [4.78, 5) is 10.5. The Morgan fingerprint density at radius 1 is 1.12 bits per heavy atom. The summed E-state index contributed by atoms with van der Waals surface area (Å²) in [7, 11) is 0. The molecule has 0 heterocycles. The van der Waals surface area contributed by atoms with Crippen LogP contribution in [0.1, 0.15) is 24.5 Å². The second-order valence-electron chi connectivity index (χ2n) is 3.93. The van der Waals surface area contributed by atoms with Crippen LogP contribution in [-0.4, -0.2) is 4.68 Å². The smallest absolute Gasteiger partial charge is 0.0398 e. The maximum Gasteiger partial charge on any atom is -0.0398 e. The van der Waals surface area contributed by atoms with Gasteiger partial charge in [-0.3, -0.25) is 0 Å². The van der Waals surface area contributed by atoms with Gasteiger partial charge in [0.1, 0.15) is 0 Å². The van der Waals surface area contributed by atoms with Gasteiger partial charge in [0, 0.05) is 0 Å². The molecule has 0 atom stereocenters. The van der Waals surface area contributed by atoms with Crippen molar-refractivity contribution in [3.8, 4) is 0 Å². The summed E-state index contributed by atoms with van der Waals surface area (Å²) >= 11 is 0.632. The van der Waals surface area contributed by atoms with E-state index >= 15 is 0 Å². The van der Waals surface area contributed by atoms with E-state index in [0.29, 0.717) is 15.0 Å². The molecule has 0 bridgehead atoms. The third-order valence-electron chi connectivity index (χ3n) is 2.17. The number of aryl methyl sites for hydroxylation is 2. The Bertz CT molecular complexity index is 406. The average Bonchev–Trinajstić information content (AvgIpc) is 2.75. The fourth-order valence-corrected chi connectivity index (χ4v) is 2.22. The third-order valence-corrected chi connectivity index (χ3v) is 3.33.